The lowest BCUT2D eigenvalue weighted by Crippen LogP contribution is -2.45. The summed E-state index contributed by atoms with van der Waals surface area (Å²) in [5.74, 6) is -2.83. The summed E-state index contributed by atoms with van der Waals surface area (Å²) in [6.45, 7) is 8.04. The van der Waals surface area contributed by atoms with E-state index in [1.807, 2.05) is 13.8 Å². The number of nitrogens with one attached hydrogen (secondary N) is 2. The molecule has 2 amide bonds. The van der Waals surface area contributed by atoms with Crippen LogP contribution in [0.4, 0.5) is 0 Å². The van der Waals surface area contributed by atoms with Crippen LogP contribution >= 0.6 is 0 Å². The molecule has 0 aliphatic rings. The maximum absolute atomic E-state index is 12.3. The molecule has 2 unspecified atom stereocenters. The number of aliphatic carboxylic acids is 1. The van der Waals surface area contributed by atoms with Crippen molar-refractivity contribution in [3.63, 3.8) is 0 Å². The van der Waals surface area contributed by atoms with Gasteiger partial charge in [-0.3, -0.25) is 14.4 Å². The fourth-order valence-corrected chi connectivity index (χ4v) is 2.12. The lowest BCUT2D eigenvalue weighted by atomic mass is 9.93. The number of carbonyl (C=O) groups is 4. The highest BCUT2D eigenvalue weighted by atomic mass is 16.6. The number of esters is 1. The molecule has 0 heterocycles. The standard InChI is InChI=1S/C20H34N2O7/c1-13(2)10-15(18(26)27)29-19(28)20(4,5)12-22-17(25)11-21-16(24)9-7-6-8-14(3)23/h7,9,13-15,23H,6,8,10-12H2,1-5H3,(H,21,24)(H,22,25)(H,26,27)/b9-7+. The van der Waals surface area contributed by atoms with Crippen LogP contribution in [0.25, 0.3) is 0 Å². The van der Waals surface area contributed by atoms with E-state index in [1.165, 1.54) is 19.9 Å². The molecular formula is C20H34N2O7. The van der Waals surface area contributed by atoms with Gasteiger partial charge in [-0.2, -0.15) is 0 Å². The van der Waals surface area contributed by atoms with Crippen LogP contribution < -0.4 is 10.6 Å². The van der Waals surface area contributed by atoms with Crippen molar-refractivity contribution in [1.82, 2.24) is 10.6 Å². The van der Waals surface area contributed by atoms with E-state index >= 15 is 0 Å². The van der Waals surface area contributed by atoms with Crippen molar-refractivity contribution >= 4 is 23.8 Å². The van der Waals surface area contributed by atoms with Crippen molar-refractivity contribution in [2.24, 2.45) is 11.3 Å². The molecular weight excluding hydrogens is 380 g/mol. The first kappa shape index (κ1) is 26.6. The minimum absolute atomic E-state index is 0.0383. The summed E-state index contributed by atoms with van der Waals surface area (Å²) in [5, 5.41) is 23.2. The lowest BCUT2D eigenvalue weighted by Gasteiger charge is -2.25. The molecule has 0 aromatic heterocycles. The summed E-state index contributed by atoms with van der Waals surface area (Å²) in [6.07, 6.45) is 2.49. The van der Waals surface area contributed by atoms with Crippen molar-refractivity contribution in [1.29, 1.82) is 0 Å². The number of carboxylic acids is 1. The number of ether oxygens (including phenoxy) is 1. The summed E-state index contributed by atoms with van der Waals surface area (Å²) in [4.78, 5) is 47.0. The van der Waals surface area contributed by atoms with Gasteiger partial charge in [-0.05, 0) is 52.0 Å². The first-order chi connectivity index (χ1) is 13.3. The smallest absolute Gasteiger partial charge is 0.345 e. The molecule has 0 aliphatic heterocycles. The molecule has 0 aliphatic carbocycles. The van der Waals surface area contributed by atoms with Gasteiger partial charge in [0.2, 0.25) is 11.8 Å². The molecule has 0 rings (SSSR count). The SMILES string of the molecule is CC(C)CC(OC(=O)C(C)(C)CNC(=O)CNC(=O)/C=C/CCC(C)O)C(=O)O. The zero-order valence-corrected chi connectivity index (χ0v) is 17.9. The van der Waals surface area contributed by atoms with E-state index in [1.54, 1.807) is 13.0 Å². The van der Waals surface area contributed by atoms with Crippen LogP contribution in [-0.2, 0) is 23.9 Å². The molecule has 9 nitrogen and oxygen atoms in total. The number of aliphatic hydroxyl groups is 1. The Bertz CT molecular complexity index is 598. The number of amides is 2. The minimum atomic E-state index is -1.24. The Labute approximate surface area is 171 Å². The second-order valence-corrected chi connectivity index (χ2v) is 8.07. The van der Waals surface area contributed by atoms with Gasteiger partial charge < -0.3 is 25.6 Å². The summed E-state index contributed by atoms with van der Waals surface area (Å²) >= 11 is 0. The highest BCUT2D eigenvalue weighted by Gasteiger charge is 2.34. The van der Waals surface area contributed by atoms with E-state index in [2.05, 4.69) is 10.6 Å². The van der Waals surface area contributed by atoms with Gasteiger partial charge in [0.15, 0.2) is 6.10 Å². The summed E-state index contributed by atoms with van der Waals surface area (Å²) < 4.78 is 5.10. The Kier molecular flexibility index (Phi) is 11.8. The first-order valence-electron chi connectivity index (χ1n) is 9.68. The Morgan fingerprint density at radius 3 is 2.24 bits per heavy atom. The van der Waals surface area contributed by atoms with Gasteiger partial charge in [0.1, 0.15) is 0 Å². The van der Waals surface area contributed by atoms with Crippen molar-refractivity contribution in [2.75, 3.05) is 13.1 Å². The average molecular weight is 414 g/mol. The Morgan fingerprint density at radius 2 is 1.72 bits per heavy atom. The van der Waals surface area contributed by atoms with Crippen LogP contribution in [-0.4, -0.2) is 59.3 Å². The molecule has 4 N–H and O–H groups in total. The summed E-state index contributed by atoms with van der Waals surface area (Å²) in [6, 6.07) is 0. The number of carbonyl (C=O) groups excluding carboxylic acids is 3. The van der Waals surface area contributed by atoms with Crippen molar-refractivity contribution in [3.8, 4) is 0 Å². The van der Waals surface area contributed by atoms with Gasteiger partial charge in [0.05, 0.1) is 18.1 Å². The quantitative estimate of drug-likeness (QED) is 0.260. The molecule has 0 bridgehead atoms. The zero-order chi connectivity index (χ0) is 22.6. The number of allylic oxidation sites excluding steroid dienone is 1. The highest BCUT2D eigenvalue weighted by molar-refractivity contribution is 5.91. The number of carboxylic acid groups (broad SMARTS) is 1. The van der Waals surface area contributed by atoms with E-state index in [0.717, 1.165) is 0 Å². The van der Waals surface area contributed by atoms with Crippen LogP contribution in [0.3, 0.4) is 0 Å². The molecule has 0 fully saturated rings. The van der Waals surface area contributed by atoms with Crippen LogP contribution in [0.15, 0.2) is 12.2 Å². The number of rotatable bonds is 13. The monoisotopic (exact) mass is 414 g/mol. The number of aliphatic hydroxyl groups excluding tert-OH is 1. The van der Waals surface area contributed by atoms with Crippen LogP contribution in [0.1, 0.15) is 53.9 Å². The van der Waals surface area contributed by atoms with Crippen molar-refractivity contribution < 1.29 is 34.1 Å². The molecule has 0 spiro atoms. The molecule has 2 atom stereocenters. The van der Waals surface area contributed by atoms with Crippen LogP contribution in [0, 0.1) is 11.3 Å². The third-order valence-electron chi connectivity index (χ3n) is 3.93. The Balaban J connectivity index is 4.42. The predicted molar refractivity (Wildman–Crippen MR) is 107 cm³/mol. The average Bonchev–Trinajstić information content (AvgIpc) is 2.60. The first-order valence-corrected chi connectivity index (χ1v) is 9.68. The third kappa shape index (κ3) is 12.6. The largest absolute Gasteiger partial charge is 0.479 e. The zero-order valence-electron chi connectivity index (χ0n) is 17.9. The van der Waals surface area contributed by atoms with E-state index in [0.29, 0.717) is 12.8 Å². The van der Waals surface area contributed by atoms with Gasteiger partial charge in [-0.1, -0.05) is 19.9 Å². The molecule has 0 aromatic rings. The second-order valence-electron chi connectivity index (χ2n) is 8.07. The van der Waals surface area contributed by atoms with Crippen molar-refractivity contribution in [2.45, 2.75) is 66.1 Å². The summed E-state index contributed by atoms with van der Waals surface area (Å²) in [5.41, 5.74) is -1.13. The lowest BCUT2D eigenvalue weighted by molar-refractivity contribution is -0.171. The summed E-state index contributed by atoms with van der Waals surface area (Å²) in [7, 11) is 0. The van der Waals surface area contributed by atoms with E-state index in [9.17, 15) is 24.3 Å². The minimum Gasteiger partial charge on any atom is -0.479 e. The van der Waals surface area contributed by atoms with Gasteiger partial charge in [-0.25, -0.2) is 4.79 Å². The van der Waals surface area contributed by atoms with E-state index < -0.39 is 41.4 Å². The Morgan fingerprint density at radius 1 is 1.10 bits per heavy atom. The van der Waals surface area contributed by atoms with Gasteiger partial charge in [-0.15, -0.1) is 0 Å². The molecule has 0 aromatic carbocycles. The van der Waals surface area contributed by atoms with Crippen LogP contribution in [0.5, 0.6) is 0 Å². The van der Waals surface area contributed by atoms with Crippen LogP contribution in [0.2, 0.25) is 0 Å². The molecule has 29 heavy (non-hydrogen) atoms. The third-order valence-corrected chi connectivity index (χ3v) is 3.93. The fraction of sp³-hybridized carbons (Fsp3) is 0.700. The van der Waals surface area contributed by atoms with Gasteiger partial charge in [0.25, 0.3) is 0 Å². The topological polar surface area (TPSA) is 142 Å². The molecule has 0 saturated heterocycles. The fourth-order valence-electron chi connectivity index (χ4n) is 2.12. The number of hydrogen-bond donors (Lipinski definition) is 4. The molecule has 9 heteroatoms. The highest BCUT2D eigenvalue weighted by Crippen LogP contribution is 2.19. The maximum Gasteiger partial charge on any atom is 0.345 e. The Hall–Kier alpha value is -2.42. The second kappa shape index (κ2) is 12.9. The van der Waals surface area contributed by atoms with Gasteiger partial charge in [0, 0.05) is 6.54 Å². The van der Waals surface area contributed by atoms with E-state index in [-0.39, 0.29) is 25.4 Å². The van der Waals surface area contributed by atoms with Crippen molar-refractivity contribution in [3.05, 3.63) is 12.2 Å². The maximum atomic E-state index is 12.3. The molecule has 0 saturated carbocycles. The number of hydrogen-bond acceptors (Lipinski definition) is 6. The molecule has 0 radical (unpaired) electrons. The predicted octanol–water partition coefficient (Wildman–Crippen LogP) is 1.00. The molecule has 166 valence electrons. The normalized spacial score (nSPS) is 13.8. The van der Waals surface area contributed by atoms with E-state index in [4.69, 9.17) is 9.84 Å². The van der Waals surface area contributed by atoms with Gasteiger partial charge >= 0.3 is 11.9 Å².